The number of carbonyl (C=O) groups excluding carboxylic acids is 3. The maximum absolute atomic E-state index is 13.7. The smallest absolute Gasteiger partial charge is 0.508 e. The number of nitrogen functional groups attached to an aromatic ring is 2. The van der Waals surface area contributed by atoms with E-state index in [0.29, 0.717) is 23.0 Å². The number of H-pyrrole nitrogens is 2. The number of nitrogens with two attached hydrogens (primary N) is 3. The summed E-state index contributed by atoms with van der Waals surface area (Å²) in [7, 11) is -7.72. The number of halogens is 3. The number of rotatable bonds is 31. The Morgan fingerprint density at radius 1 is 0.485 bits per heavy atom. The maximum atomic E-state index is 13.7. The Bertz CT molecular complexity index is 6000. The van der Waals surface area contributed by atoms with Crippen molar-refractivity contribution >= 4 is 131 Å². The first-order valence-electron chi connectivity index (χ1n) is 40.1. The molecule has 13 rings (SSSR count). The van der Waals surface area contributed by atoms with Gasteiger partial charge in [0.1, 0.15) is 71.0 Å². The number of aromatic hydroxyl groups is 1. The molecular weight excluding hydrogens is 1910 g/mol. The van der Waals surface area contributed by atoms with Gasteiger partial charge in [0.05, 0.1) is 95.3 Å². The normalized spacial score (nSPS) is 17.4. The first kappa shape index (κ1) is 109. The lowest BCUT2D eigenvalue weighted by Gasteiger charge is -2.24. The lowest BCUT2D eigenvalue weighted by Crippen LogP contribution is -2.30. The van der Waals surface area contributed by atoms with Gasteiger partial charge in [0.2, 0.25) is 11.9 Å². The number of nitro benzene ring substituents is 3. The highest BCUT2D eigenvalue weighted by Crippen LogP contribution is 2.57. The van der Waals surface area contributed by atoms with Gasteiger partial charge < -0.3 is 88.5 Å². The van der Waals surface area contributed by atoms with Crippen LogP contribution < -0.4 is 55.5 Å². The summed E-state index contributed by atoms with van der Waals surface area (Å²) in [6, 6.07) is 48.4. The molecule has 11 aromatic rings. The van der Waals surface area contributed by atoms with E-state index in [9.17, 15) is 82.8 Å². The fourth-order valence-corrected chi connectivity index (χ4v) is 17.1. The minimum Gasteiger partial charge on any atom is -0.508 e. The number of benzene rings is 7. The van der Waals surface area contributed by atoms with Gasteiger partial charge in [0.25, 0.3) is 28.2 Å². The molecule has 0 amide bonds. The number of non-ortho nitro benzene ring substituents is 3. The molecule has 0 radical (unpaired) electrons. The number of ether oxygens (including phenoxy) is 5. The molecule has 722 valence electrons. The van der Waals surface area contributed by atoms with Crippen molar-refractivity contribution in [2.24, 2.45) is 17.6 Å². The number of aromatic amines is 2. The molecule has 52 heteroatoms. The number of nitro groups is 3. The molecule has 45 nitrogen and oxygen atoms in total. The Morgan fingerprint density at radius 3 is 1.13 bits per heavy atom. The highest BCUT2D eigenvalue weighted by molar-refractivity contribution is 8.05. The monoisotopic (exact) mass is 2000 g/mol. The van der Waals surface area contributed by atoms with Crippen molar-refractivity contribution in [2.45, 2.75) is 136 Å². The number of aliphatic hydroxyl groups excluding tert-OH is 3. The van der Waals surface area contributed by atoms with Crippen molar-refractivity contribution in [1.29, 1.82) is 0 Å². The van der Waals surface area contributed by atoms with Crippen LogP contribution in [0.15, 0.2) is 216 Å². The highest BCUT2D eigenvalue weighted by Gasteiger charge is 2.42. The van der Waals surface area contributed by atoms with E-state index < -0.39 is 121 Å². The number of aliphatic hydroxyl groups is 3. The number of esters is 3. The van der Waals surface area contributed by atoms with Gasteiger partial charge in [-0.05, 0) is 133 Å². The largest absolute Gasteiger partial charge is 0.530 e. The summed E-state index contributed by atoms with van der Waals surface area (Å²) in [6.07, 6.45) is -5.96. The Kier molecular flexibility index (Phi) is 41.4. The van der Waals surface area contributed by atoms with Crippen LogP contribution in [0.3, 0.4) is 0 Å². The molecule has 0 bridgehead atoms. The standard InChI is InChI=1S/C23H30N5O8P.C19H22NO7P.C12H9ClNO5P.C10H13N5O4.C6H5Cl2O2P.C6H5NO3.C6H13NO2/c1-13(2)34-22(31)14(3)11-37(32,36-15-7-5-4-6-8-15)33-10-17-16(29)9-18(35-17)28-12-25-19-20(28)26-23(24)27-21(19)30;1-14(2)25-19(21)15(3)13-28(24,26-17-7-5-4-6-8-17)27-18-11-9-16(10-12-18)20(22)23;13-20(17,18-11-4-2-1-3-5-11)19-12-8-6-10(7-9-12)14(15)16;11-10-13-8-7(9(18)14-10)12-3-15(8)6-1-4(17)5(2-16)19-6;7-11(8,9)10-6-4-2-1-3-5-6;8-6-3-1-5(2-4-6)7(9)10;1-4(2)9-6(8)5(3)7/h4-8,12-14,16-18,29H,9-11H2,1-3H3,(H3,24,26,27,30);4-12,14-15H,13H2,1-3H3;1-9H;3-6,16-17H,1-2H2,(H3,11,13,14,18);1-5H;1-4,8H;4-5H,7H2,1-3H3/t14-,16?,17-,18-,37?;15-,28?;;4?,5-,6-;;;5-/m11.1..0/s1. The molecule has 0 saturated carbocycles. The average Bonchev–Trinajstić information content (AvgIpc) is 1.63. The van der Waals surface area contributed by atoms with Gasteiger partial charge in [-0.25, -0.2) is 28.2 Å². The van der Waals surface area contributed by atoms with Crippen molar-refractivity contribution in [3.8, 4) is 40.2 Å². The molecule has 12 N–H and O–H groups in total. The van der Waals surface area contributed by atoms with Crippen LogP contribution in [-0.2, 0) is 60.9 Å². The second-order valence-electron chi connectivity index (χ2n) is 29.4. The van der Waals surface area contributed by atoms with E-state index in [1.165, 1.54) is 94.6 Å². The van der Waals surface area contributed by atoms with Crippen molar-refractivity contribution < 1.29 is 123 Å². The number of phenols is 1. The molecule has 134 heavy (non-hydrogen) atoms. The van der Waals surface area contributed by atoms with Gasteiger partial charge in [-0.2, -0.15) is 9.97 Å². The second-order valence-corrected chi connectivity index (χ2v) is 40.1. The lowest BCUT2D eigenvalue weighted by atomic mass is 10.2. The van der Waals surface area contributed by atoms with Crippen LogP contribution in [0.2, 0.25) is 0 Å². The van der Waals surface area contributed by atoms with Crippen LogP contribution in [-0.4, -0.2) is 166 Å². The third-order valence-corrected chi connectivity index (χ3v) is 23.4. The molecule has 2 aliphatic rings. The summed E-state index contributed by atoms with van der Waals surface area (Å²) in [6.45, 7) is 10.8. The van der Waals surface area contributed by atoms with E-state index in [0.717, 1.165) is 0 Å². The molecule has 0 aliphatic carbocycles. The van der Waals surface area contributed by atoms with Crippen LogP contribution in [0.4, 0.5) is 29.0 Å². The zero-order valence-corrected chi connectivity index (χ0v) is 78.6. The molecule has 12 atom stereocenters. The number of hydrogen-bond donors (Lipinski definition) is 9. The van der Waals surface area contributed by atoms with Crippen molar-refractivity contribution in [3.05, 3.63) is 258 Å². The number of fused-ring (bicyclic) bond motifs is 2. The molecule has 5 unspecified atom stereocenters. The predicted octanol–water partition coefficient (Wildman–Crippen LogP) is 15.0. The van der Waals surface area contributed by atoms with E-state index >= 15 is 0 Å². The number of anilines is 2. The zero-order valence-electron chi connectivity index (χ0n) is 72.8. The second kappa shape index (κ2) is 51.1. The summed E-state index contributed by atoms with van der Waals surface area (Å²) >= 11 is 16.0. The van der Waals surface area contributed by atoms with Gasteiger partial charge in [0, 0.05) is 83.0 Å². The van der Waals surface area contributed by atoms with Gasteiger partial charge in [-0.1, -0.05) is 86.6 Å². The first-order valence-corrected chi connectivity index (χ1v) is 49.5. The molecule has 6 heterocycles. The Balaban J connectivity index is 0.000000225. The zero-order chi connectivity index (χ0) is 99.0. The van der Waals surface area contributed by atoms with Crippen LogP contribution in [0.25, 0.3) is 22.3 Å². The third-order valence-electron chi connectivity index (χ3n) is 17.3. The van der Waals surface area contributed by atoms with E-state index in [1.54, 1.807) is 184 Å². The number of nitrogens with one attached hydrogen (secondary N) is 2. The number of para-hydroxylation sites is 4. The van der Waals surface area contributed by atoms with Crippen LogP contribution in [0.5, 0.6) is 40.2 Å². The van der Waals surface area contributed by atoms with Crippen LogP contribution >= 0.6 is 61.9 Å². The Hall–Kier alpha value is -12.4. The number of phenolic OH excluding ortho intramolecular Hbond substituents is 1. The van der Waals surface area contributed by atoms with E-state index in [1.807, 2.05) is 0 Å². The van der Waals surface area contributed by atoms with Crippen molar-refractivity contribution in [1.82, 2.24) is 39.0 Å². The molecule has 0 spiro atoms. The molecule has 2 saturated heterocycles. The topological polar surface area (TPSA) is 646 Å². The summed E-state index contributed by atoms with van der Waals surface area (Å²) in [4.78, 5) is 109. The molecular formula is C82H97Cl3N14O31P4. The fourth-order valence-electron chi connectivity index (χ4n) is 11.3. The Labute approximate surface area is 778 Å². The van der Waals surface area contributed by atoms with Gasteiger partial charge in [-0.15, -0.1) is 0 Å². The number of hydrogen-bond acceptors (Lipinski definition) is 38. The molecule has 4 aromatic heterocycles. The van der Waals surface area contributed by atoms with Gasteiger partial charge in [0.15, 0.2) is 22.3 Å². The lowest BCUT2D eigenvalue weighted by molar-refractivity contribution is -0.385. The van der Waals surface area contributed by atoms with E-state index in [2.05, 4.69) is 34.4 Å². The van der Waals surface area contributed by atoms with Crippen LogP contribution in [0, 0.1) is 42.2 Å². The fraction of sp³-hybridized carbons (Fsp3) is 0.329. The molecule has 2 aliphatic heterocycles. The summed E-state index contributed by atoms with van der Waals surface area (Å²) in [5.41, 5.74) is 15.9. The minimum absolute atomic E-state index is 0.0159. The van der Waals surface area contributed by atoms with Gasteiger partial charge in [-0.3, -0.25) is 77.9 Å². The predicted molar refractivity (Wildman–Crippen MR) is 491 cm³/mol. The van der Waals surface area contributed by atoms with E-state index in [-0.39, 0.29) is 131 Å². The van der Waals surface area contributed by atoms with E-state index in [4.69, 9.17) is 112 Å². The molecule has 7 aromatic carbocycles. The number of imidazole rings is 2. The number of nitrogens with zero attached hydrogens (tertiary/aromatic N) is 9. The number of carbonyl (C=O) groups is 3. The minimum atomic E-state index is -3.89. The van der Waals surface area contributed by atoms with Crippen LogP contribution in [0.1, 0.15) is 87.6 Å². The maximum Gasteiger partial charge on any atom is 0.530 e. The van der Waals surface area contributed by atoms with Gasteiger partial charge >= 0.3 is 46.1 Å². The Morgan fingerprint density at radius 2 is 0.799 bits per heavy atom. The third kappa shape index (κ3) is 36.2. The van der Waals surface area contributed by atoms with Crippen molar-refractivity contribution in [2.75, 3.05) is 37.0 Å². The number of aromatic nitrogens is 8. The summed E-state index contributed by atoms with van der Waals surface area (Å²) in [5, 5.41) is 69.4. The van der Waals surface area contributed by atoms with Crippen molar-refractivity contribution in [3.63, 3.8) is 0 Å². The highest BCUT2D eigenvalue weighted by atomic mass is 35.9. The molecule has 2 fully saturated rings. The average molecular weight is 2010 g/mol. The first-order chi connectivity index (χ1) is 63.1. The summed E-state index contributed by atoms with van der Waals surface area (Å²) < 4.78 is 117. The quantitative estimate of drug-likeness (QED) is 0.00640. The SMILES string of the molecule is CC(C)OC(=O)[C@H](C)CP(=O)(OC[C@H]1O[C@@H](n2cnc3c(=O)[nH]c(N)nc32)CC1O)Oc1ccccc1.CC(C)OC(=O)[C@H](C)CP(=O)(Oc1ccccc1)Oc1ccc([N+](=O)[O-])cc1.CC(C)OC(=O)[C@H](C)N.Nc1nc2c(ncn2[C@H]2CC(O)[C@@H](CO)O2)c(=O)[nH]1.O=P(Cl)(Cl)Oc1ccccc1.O=[N+]([O-])c1ccc(O)cc1.O=[N+]([O-])c1ccc(OP(=O)(Cl)Oc2ccccc2)cc1. The summed E-state index contributed by atoms with van der Waals surface area (Å²) in [5.74, 6) is -1.39.